The summed E-state index contributed by atoms with van der Waals surface area (Å²) in [5, 5.41) is 11.4. The van der Waals surface area contributed by atoms with Crippen LogP contribution in [0.2, 0.25) is 0 Å². The van der Waals surface area contributed by atoms with Crippen molar-refractivity contribution in [3.05, 3.63) is 0 Å². The molecule has 2 nitrogen and oxygen atoms in total. The number of carbonyl (C=O) groups is 1. The van der Waals surface area contributed by atoms with Gasteiger partial charge in [0.05, 0.1) is 0 Å². The molecule has 0 N–H and O–H groups in total. The Morgan fingerprint density at radius 1 is 1.06 bits per heavy atom. The van der Waals surface area contributed by atoms with Crippen molar-refractivity contribution in [3.8, 4) is 0 Å². The fourth-order valence-corrected chi connectivity index (χ4v) is 5.68. The standard InChI is InChI=1S/C13H20O2.Li/c1-11-3-9-4-12(2,6-11)8-13(5-9,7-11)10(14)15;/h9H,3-8H2,1-2H3,(H,14,15);/q;+1/p-1. The third-order valence-electron chi connectivity index (χ3n) is 5.06. The Labute approximate surface area is 109 Å². The largest absolute Gasteiger partial charge is 1.00 e. The maximum Gasteiger partial charge on any atom is 1.00 e. The number of carbonyl (C=O) groups excluding carboxylic acids is 1. The van der Waals surface area contributed by atoms with Crippen LogP contribution in [0.5, 0.6) is 0 Å². The van der Waals surface area contributed by atoms with Gasteiger partial charge in [-0.25, -0.2) is 0 Å². The van der Waals surface area contributed by atoms with Crippen LogP contribution < -0.4 is 24.0 Å². The van der Waals surface area contributed by atoms with Gasteiger partial charge < -0.3 is 9.90 Å². The van der Waals surface area contributed by atoms with Crippen LogP contribution in [0.15, 0.2) is 0 Å². The first-order chi connectivity index (χ1) is 6.85. The fourth-order valence-electron chi connectivity index (χ4n) is 5.68. The van der Waals surface area contributed by atoms with Gasteiger partial charge in [-0.05, 0) is 55.3 Å². The molecule has 0 amide bonds. The second-order valence-electron chi connectivity index (χ2n) is 7.20. The minimum Gasteiger partial charge on any atom is -0.550 e. The van der Waals surface area contributed by atoms with Gasteiger partial charge in [0.15, 0.2) is 0 Å². The van der Waals surface area contributed by atoms with E-state index in [0.717, 1.165) is 19.3 Å². The Morgan fingerprint density at radius 2 is 1.56 bits per heavy atom. The van der Waals surface area contributed by atoms with Gasteiger partial charge in [-0.1, -0.05) is 13.8 Å². The van der Waals surface area contributed by atoms with Crippen LogP contribution in [0.1, 0.15) is 52.4 Å². The average Bonchev–Trinajstić information content (AvgIpc) is 1.95. The number of hydrogen-bond donors (Lipinski definition) is 0. The van der Waals surface area contributed by atoms with Crippen LogP contribution in [0, 0.1) is 22.2 Å². The van der Waals surface area contributed by atoms with Crippen LogP contribution >= 0.6 is 0 Å². The zero-order valence-corrected chi connectivity index (χ0v) is 10.6. The molecule has 0 aromatic carbocycles. The van der Waals surface area contributed by atoms with Crippen molar-refractivity contribution in [2.75, 3.05) is 0 Å². The van der Waals surface area contributed by atoms with E-state index in [4.69, 9.17) is 0 Å². The van der Waals surface area contributed by atoms with E-state index in [9.17, 15) is 9.90 Å². The predicted octanol–water partition coefficient (Wildman–Crippen LogP) is -1.26. The molecule has 16 heavy (non-hydrogen) atoms. The number of carboxylic acid groups (broad SMARTS) is 1. The first-order valence-electron chi connectivity index (χ1n) is 6.06. The third kappa shape index (κ3) is 1.57. The first-order valence-corrected chi connectivity index (χ1v) is 6.06. The van der Waals surface area contributed by atoms with Crippen molar-refractivity contribution in [3.63, 3.8) is 0 Å². The van der Waals surface area contributed by atoms with Gasteiger partial charge in [0.2, 0.25) is 0 Å². The molecule has 84 valence electrons. The summed E-state index contributed by atoms with van der Waals surface area (Å²) in [5.74, 6) is -0.127. The predicted molar refractivity (Wildman–Crippen MR) is 54.8 cm³/mol. The molecule has 0 saturated heterocycles. The van der Waals surface area contributed by atoms with Gasteiger partial charge in [0, 0.05) is 11.4 Å². The molecule has 0 spiro atoms. The second-order valence-corrected chi connectivity index (χ2v) is 7.20. The molecule has 0 heterocycles. The van der Waals surface area contributed by atoms with E-state index in [0.29, 0.717) is 5.92 Å². The van der Waals surface area contributed by atoms with Gasteiger partial charge >= 0.3 is 18.9 Å². The van der Waals surface area contributed by atoms with Gasteiger partial charge in [0.1, 0.15) is 0 Å². The fraction of sp³-hybridized carbons (Fsp3) is 0.923. The number of carboxylic acids is 1. The van der Waals surface area contributed by atoms with E-state index in [-0.39, 0.29) is 29.7 Å². The van der Waals surface area contributed by atoms with Gasteiger partial charge in [0.25, 0.3) is 0 Å². The second kappa shape index (κ2) is 3.30. The molecule has 4 fully saturated rings. The Morgan fingerprint density at radius 3 is 1.94 bits per heavy atom. The molecular weight excluding hydrogens is 195 g/mol. The molecule has 3 heteroatoms. The summed E-state index contributed by atoms with van der Waals surface area (Å²) in [6.07, 6.45) is 6.35. The average molecular weight is 214 g/mol. The monoisotopic (exact) mass is 214 g/mol. The molecule has 4 saturated carbocycles. The van der Waals surface area contributed by atoms with E-state index in [2.05, 4.69) is 13.8 Å². The molecule has 4 rings (SSSR count). The summed E-state index contributed by atoms with van der Waals surface area (Å²) in [5.41, 5.74) is 0.103. The Balaban J connectivity index is 0.000000963. The van der Waals surface area contributed by atoms with Gasteiger partial charge in [-0.15, -0.1) is 0 Å². The molecule has 4 bridgehead atoms. The van der Waals surface area contributed by atoms with Crippen LogP contribution in [0.3, 0.4) is 0 Å². The molecule has 2 atom stereocenters. The number of rotatable bonds is 1. The molecule has 0 aromatic rings. The van der Waals surface area contributed by atoms with Crippen molar-refractivity contribution in [1.82, 2.24) is 0 Å². The summed E-state index contributed by atoms with van der Waals surface area (Å²) in [6.45, 7) is 4.57. The molecular formula is C13H19LiO2. The molecule has 0 aliphatic heterocycles. The molecule has 4 aliphatic carbocycles. The Kier molecular flexibility index (Phi) is 2.58. The van der Waals surface area contributed by atoms with Crippen molar-refractivity contribution in [1.29, 1.82) is 0 Å². The van der Waals surface area contributed by atoms with Crippen LogP contribution in [-0.4, -0.2) is 5.97 Å². The molecule has 4 aliphatic rings. The zero-order chi connectivity index (χ0) is 10.9. The van der Waals surface area contributed by atoms with E-state index >= 15 is 0 Å². The maximum absolute atomic E-state index is 11.4. The van der Waals surface area contributed by atoms with Crippen LogP contribution in [0.4, 0.5) is 0 Å². The van der Waals surface area contributed by atoms with Crippen molar-refractivity contribution >= 4 is 5.97 Å². The van der Waals surface area contributed by atoms with Crippen LogP contribution in [-0.2, 0) is 4.79 Å². The van der Waals surface area contributed by atoms with Gasteiger partial charge in [-0.2, -0.15) is 0 Å². The van der Waals surface area contributed by atoms with E-state index in [1.165, 1.54) is 19.3 Å². The molecule has 0 aromatic heterocycles. The summed E-state index contributed by atoms with van der Waals surface area (Å²) < 4.78 is 0. The number of aliphatic carboxylic acids is 1. The van der Waals surface area contributed by atoms with Crippen LogP contribution in [0.25, 0.3) is 0 Å². The minimum absolute atomic E-state index is 0. The molecule has 0 radical (unpaired) electrons. The zero-order valence-electron chi connectivity index (χ0n) is 10.6. The minimum atomic E-state index is -0.774. The van der Waals surface area contributed by atoms with Crippen molar-refractivity contribution in [2.24, 2.45) is 22.2 Å². The topological polar surface area (TPSA) is 40.1 Å². The van der Waals surface area contributed by atoms with Gasteiger partial charge in [-0.3, -0.25) is 0 Å². The quantitative estimate of drug-likeness (QED) is 0.511. The smallest absolute Gasteiger partial charge is 0.550 e. The summed E-state index contributed by atoms with van der Waals surface area (Å²) >= 11 is 0. The van der Waals surface area contributed by atoms with E-state index < -0.39 is 11.4 Å². The normalized spacial score (nSPS) is 53.5. The third-order valence-corrected chi connectivity index (χ3v) is 5.06. The maximum atomic E-state index is 11.4. The summed E-state index contributed by atoms with van der Waals surface area (Å²) in [7, 11) is 0. The summed E-state index contributed by atoms with van der Waals surface area (Å²) in [4.78, 5) is 11.4. The van der Waals surface area contributed by atoms with Crippen molar-refractivity contribution in [2.45, 2.75) is 52.4 Å². The molecule has 2 unspecified atom stereocenters. The number of hydrogen-bond acceptors (Lipinski definition) is 2. The van der Waals surface area contributed by atoms with E-state index in [1.54, 1.807) is 0 Å². The van der Waals surface area contributed by atoms with E-state index in [1.807, 2.05) is 0 Å². The first kappa shape index (κ1) is 12.5. The van der Waals surface area contributed by atoms with Crippen molar-refractivity contribution < 1.29 is 28.8 Å². The Hall–Kier alpha value is 0.0674. The summed E-state index contributed by atoms with van der Waals surface area (Å²) in [6, 6.07) is 0. The Bertz CT molecular complexity index is 321. The SMILES string of the molecule is CC12CC3CC(C)(C1)CC(C(=O)[O-])(C3)C2.[Li+].